The van der Waals surface area contributed by atoms with Crippen molar-refractivity contribution < 1.29 is 17.9 Å². The van der Waals surface area contributed by atoms with E-state index in [1.807, 2.05) is 6.07 Å². The van der Waals surface area contributed by atoms with E-state index >= 15 is 0 Å². The monoisotopic (exact) mass is 541 g/mol. The Hall–Kier alpha value is -5.01. The van der Waals surface area contributed by atoms with Gasteiger partial charge in [-0.05, 0) is 44.0 Å². The van der Waals surface area contributed by atoms with Crippen LogP contribution in [-0.2, 0) is 12.7 Å². The highest BCUT2D eigenvalue weighted by Gasteiger charge is 2.38. The zero-order chi connectivity index (χ0) is 28.0. The van der Waals surface area contributed by atoms with Crippen LogP contribution < -0.4 is 15.9 Å². The maximum absolute atomic E-state index is 13.6. The predicted octanol–water partition coefficient (Wildman–Crippen LogP) is 4.22. The maximum atomic E-state index is 13.6. The summed E-state index contributed by atoms with van der Waals surface area (Å²) in [4.78, 5) is 32.4. The minimum atomic E-state index is -5.05. The smallest absolute Gasteiger partial charge is 0.437 e. The van der Waals surface area contributed by atoms with Gasteiger partial charge in [-0.2, -0.15) is 28.8 Å². The highest BCUT2D eigenvalue weighted by atomic mass is 35.5. The van der Waals surface area contributed by atoms with E-state index in [1.165, 1.54) is 31.3 Å². The average molecular weight is 542 g/mol. The van der Waals surface area contributed by atoms with Crippen LogP contribution in [0, 0.1) is 22.7 Å². The molecule has 0 spiro atoms. The molecule has 38 heavy (non-hydrogen) atoms. The van der Waals surface area contributed by atoms with Gasteiger partial charge >= 0.3 is 6.18 Å². The van der Waals surface area contributed by atoms with Crippen molar-refractivity contribution in [1.82, 2.24) is 19.7 Å². The lowest BCUT2D eigenvalue weighted by atomic mass is 10.1. The number of aromatic amines is 1. The number of halogens is 4. The van der Waals surface area contributed by atoms with Crippen molar-refractivity contribution in [3.8, 4) is 23.6 Å². The Labute approximate surface area is 217 Å². The third-order valence-corrected chi connectivity index (χ3v) is 4.98. The summed E-state index contributed by atoms with van der Waals surface area (Å²) in [6.45, 7) is 4.41. The number of nitrogens with zero attached hydrogens (tertiary/aromatic N) is 6. The minimum Gasteiger partial charge on any atom is -0.449 e. The lowest BCUT2D eigenvalue weighted by molar-refractivity contribution is -0.142. The highest BCUT2D eigenvalue weighted by Crippen LogP contribution is 2.35. The molecule has 14 heteroatoms. The number of allylic oxidation sites excluding steroid dienone is 3. The Kier molecular flexibility index (Phi) is 8.25. The summed E-state index contributed by atoms with van der Waals surface area (Å²) < 4.78 is 46.9. The van der Waals surface area contributed by atoms with Crippen LogP contribution in [0.4, 0.5) is 13.2 Å². The fourth-order valence-corrected chi connectivity index (χ4v) is 3.37. The van der Waals surface area contributed by atoms with Gasteiger partial charge in [0, 0.05) is 22.4 Å². The minimum absolute atomic E-state index is 0.000325. The quantitative estimate of drug-likeness (QED) is 0.267. The van der Waals surface area contributed by atoms with Crippen LogP contribution in [-0.4, -0.2) is 26.5 Å². The van der Waals surface area contributed by atoms with Crippen molar-refractivity contribution in [2.75, 3.05) is 0 Å². The molecule has 0 saturated heterocycles. The van der Waals surface area contributed by atoms with E-state index in [4.69, 9.17) is 26.9 Å². The molecule has 192 valence electrons. The normalized spacial score (nSPS) is 12.0. The van der Waals surface area contributed by atoms with E-state index < -0.39 is 35.3 Å². The Bertz CT molecular complexity index is 1680. The van der Waals surface area contributed by atoms with Gasteiger partial charge in [-0.15, -0.1) is 0 Å². The van der Waals surface area contributed by atoms with Crippen molar-refractivity contribution in [2.45, 2.75) is 19.6 Å². The summed E-state index contributed by atoms with van der Waals surface area (Å²) in [6.07, 6.45) is -1.78. The molecule has 0 amide bonds. The maximum Gasteiger partial charge on any atom is 0.437 e. The van der Waals surface area contributed by atoms with Crippen LogP contribution >= 0.6 is 11.6 Å². The van der Waals surface area contributed by atoms with Crippen LogP contribution in [0.1, 0.15) is 29.4 Å². The molecule has 3 aromatic rings. The number of rotatable bonds is 7. The van der Waals surface area contributed by atoms with E-state index in [1.54, 1.807) is 6.07 Å². The Morgan fingerprint density at radius 2 is 2.03 bits per heavy atom. The Balaban J connectivity index is 2.11. The first-order valence-electron chi connectivity index (χ1n) is 10.4. The SMILES string of the molecule is C=N/C=C(\C=C(/C)C#N)c1cc(Cn2cnc(C(F)(F)F)c(Oc3cc(Cl)cc(C#N)c3)c2=O)n[nH]c1=O. The zero-order valence-corrected chi connectivity index (χ0v) is 20.1. The first kappa shape index (κ1) is 27.6. The number of H-pyrrole nitrogens is 1. The molecule has 0 bridgehead atoms. The van der Waals surface area contributed by atoms with E-state index in [9.17, 15) is 22.8 Å². The molecule has 0 aliphatic rings. The summed E-state index contributed by atoms with van der Waals surface area (Å²) in [5.41, 5.74) is -2.93. The van der Waals surface area contributed by atoms with Crippen LogP contribution in [0.3, 0.4) is 0 Å². The van der Waals surface area contributed by atoms with E-state index in [-0.39, 0.29) is 38.7 Å². The molecule has 0 aliphatic carbocycles. The molecular weight excluding hydrogens is 527 g/mol. The van der Waals surface area contributed by atoms with Gasteiger partial charge in [0.05, 0.1) is 41.8 Å². The molecule has 0 radical (unpaired) electrons. The van der Waals surface area contributed by atoms with Crippen molar-refractivity contribution in [3.05, 3.63) is 96.7 Å². The molecule has 10 nitrogen and oxygen atoms in total. The van der Waals surface area contributed by atoms with Crippen LogP contribution in [0.25, 0.3) is 5.57 Å². The average Bonchev–Trinajstić information content (AvgIpc) is 2.86. The molecule has 0 aliphatic heterocycles. The van der Waals surface area contributed by atoms with E-state index in [0.717, 1.165) is 16.7 Å². The fourth-order valence-electron chi connectivity index (χ4n) is 3.15. The largest absolute Gasteiger partial charge is 0.449 e. The summed E-state index contributed by atoms with van der Waals surface area (Å²) >= 11 is 5.89. The first-order valence-corrected chi connectivity index (χ1v) is 10.7. The van der Waals surface area contributed by atoms with E-state index in [0.29, 0.717) is 6.33 Å². The number of benzene rings is 1. The van der Waals surface area contributed by atoms with Gasteiger partial charge in [-0.1, -0.05) is 11.6 Å². The van der Waals surface area contributed by atoms with Crippen molar-refractivity contribution in [1.29, 1.82) is 10.5 Å². The number of aliphatic imine (C=N–C) groups is 1. The van der Waals surface area contributed by atoms with Crippen LogP contribution in [0.5, 0.6) is 11.5 Å². The highest BCUT2D eigenvalue weighted by molar-refractivity contribution is 6.30. The number of nitriles is 2. The van der Waals surface area contributed by atoms with Crippen LogP contribution in [0.2, 0.25) is 5.02 Å². The van der Waals surface area contributed by atoms with Gasteiger partial charge in [-0.25, -0.2) is 10.1 Å². The molecule has 3 rings (SSSR count). The number of aromatic nitrogens is 4. The van der Waals surface area contributed by atoms with Gasteiger partial charge in [0.1, 0.15) is 5.75 Å². The summed E-state index contributed by atoms with van der Waals surface area (Å²) in [6, 6.07) is 8.46. The lowest BCUT2D eigenvalue weighted by Gasteiger charge is -2.15. The summed E-state index contributed by atoms with van der Waals surface area (Å²) in [5, 5.41) is 24.2. The number of ether oxygens (including phenoxy) is 1. The second kappa shape index (κ2) is 11.4. The standard InChI is InChI=1S/C24H15ClF3N7O3/c1-13(8-29)3-15(10-31-2)19-7-17(33-34-22(19)36)11-35-12-32-21(24(26,27)28)20(23(35)37)38-18-5-14(9-30)4-16(25)6-18/h3-7,10,12H,2,11H2,1H3,(H,34,36)/b13-3+,15-10+. The molecular formula is C24H15ClF3N7O3. The number of hydrogen-bond donors (Lipinski definition) is 1. The second-order valence-electron chi connectivity index (χ2n) is 7.55. The predicted molar refractivity (Wildman–Crippen MR) is 131 cm³/mol. The number of hydrogen-bond acceptors (Lipinski definition) is 8. The van der Waals surface area contributed by atoms with Gasteiger partial charge in [0.2, 0.25) is 5.75 Å². The van der Waals surface area contributed by atoms with Gasteiger partial charge in [0.25, 0.3) is 11.1 Å². The summed E-state index contributed by atoms with van der Waals surface area (Å²) in [7, 11) is 0. The third-order valence-electron chi connectivity index (χ3n) is 4.76. The third kappa shape index (κ3) is 6.40. The fraction of sp³-hybridized carbons (Fsp3) is 0.125. The van der Waals surface area contributed by atoms with Crippen molar-refractivity contribution >= 4 is 23.9 Å². The molecule has 2 heterocycles. The van der Waals surface area contributed by atoms with E-state index in [2.05, 4.69) is 26.9 Å². The molecule has 1 aromatic carbocycles. The lowest BCUT2D eigenvalue weighted by Crippen LogP contribution is -2.27. The first-order chi connectivity index (χ1) is 18.0. The van der Waals surface area contributed by atoms with Gasteiger partial charge < -0.3 is 4.74 Å². The zero-order valence-electron chi connectivity index (χ0n) is 19.4. The number of alkyl halides is 3. The van der Waals surface area contributed by atoms with Gasteiger partial charge in [0.15, 0.2) is 5.69 Å². The molecule has 0 atom stereocenters. The number of nitrogens with one attached hydrogen (secondary N) is 1. The van der Waals surface area contributed by atoms with Crippen molar-refractivity contribution in [2.24, 2.45) is 4.99 Å². The Morgan fingerprint density at radius 3 is 2.66 bits per heavy atom. The van der Waals surface area contributed by atoms with Gasteiger partial charge in [-0.3, -0.25) is 19.1 Å². The molecule has 2 aromatic heterocycles. The topological polar surface area (TPSA) is 150 Å². The molecule has 1 N–H and O–H groups in total. The second-order valence-corrected chi connectivity index (χ2v) is 7.99. The molecule has 0 fully saturated rings. The van der Waals surface area contributed by atoms with Crippen molar-refractivity contribution in [3.63, 3.8) is 0 Å². The Morgan fingerprint density at radius 1 is 1.29 bits per heavy atom. The van der Waals surface area contributed by atoms with Crippen LogP contribution in [0.15, 0.2) is 63.0 Å². The molecule has 0 unspecified atom stereocenters. The molecule has 0 saturated carbocycles. The summed E-state index contributed by atoms with van der Waals surface area (Å²) in [5.74, 6) is -1.44.